The largest absolute Gasteiger partial charge is 0.458 e. The van der Waals surface area contributed by atoms with E-state index in [1.54, 1.807) is 13.0 Å². The van der Waals surface area contributed by atoms with Crippen LogP contribution >= 0.6 is 0 Å². The number of imide groups is 1. The normalized spacial score (nSPS) is 21.2. The number of hydrogen-bond donors (Lipinski definition) is 2. The van der Waals surface area contributed by atoms with Crippen LogP contribution in [0.25, 0.3) is 11.0 Å². The number of rotatable bonds is 6. The number of unbranched alkanes of at least 4 members (excludes halogenated alkanes) is 2. The molecule has 1 unspecified atom stereocenters. The third kappa shape index (κ3) is 2.70. The Hall–Kier alpha value is -2.34. The monoisotopic (exact) mass is 316 g/mol. The van der Waals surface area contributed by atoms with Crippen LogP contribution in [-0.4, -0.2) is 35.1 Å². The second kappa shape index (κ2) is 6.04. The summed E-state index contributed by atoms with van der Waals surface area (Å²) in [7, 11) is 0. The Morgan fingerprint density at radius 3 is 2.74 bits per heavy atom. The maximum absolute atomic E-state index is 12.7. The van der Waals surface area contributed by atoms with Crippen LogP contribution in [0.15, 0.2) is 34.7 Å². The zero-order valence-corrected chi connectivity index (χ0v) is 13.0. The number of amides is 3. The van der Waals surface area contributed by atoms with Crippen molar-refractivity contribution < 1.29 is 19.1 Å². The van der Waals surface area contributed by atoms with Gasteiger partial charge in [0.15, 0.2) is 5.54 Å². The van der Waals surface area contributed by atoms with Crippen molar-refractivity contribution in [1.29, 1.82) is 0 Å². The van der Waals surface area contributed by atoms with E-state index >= 15 is 0 Å². The summed E-state index contributed by atoms with van der Waals surface area (Å²) in [5.41, 5.74) is -0.486. The average Bonchev–Trinajstić information content (AvgIpc) is 3.06. The summed E-state index contributed by atoms with van der Waals surface area (Å²) in [4.78, 5) is 26.1. The number of fused-ring (bicyclic) bond motifs is 1. The number of carbonyl (C=O) groups excluding carboxylic acids is 2. The van der Waals surface area contributed by atoms with Crippen molar-refractivity contribution in [2.75, 3.05) is 13.2 Å². The van der Waals surface area contributed by atoms with Gasteiger partial charge in [-0.25, -0.2) is 4.79 Å². The Balaban J connectivity index is 1.81. The topological polar surface area (TPSA) is 82.8 Å². The minimum absolute atomic E-state index is 0.122. The predicted octanol–water partition coefficient (Wildman–Crippen LogP) is 2.36. The maximum atomic E-state index is 12.7. The molecule has 0 radical (unpaired) electrons. The summed E-state index contributed by atoms with van der Waals surface area (Å²) in [6, 6.07) is 8.88. The summed E-state index contributed by atoms with van der Waals surface area (Å²) in [5.74, 6) is 0.139. The lowest BCUT2D eigenvalue weighted by Gasteiger charge is -2.19. The molecule has 1 aromatic heterocycles. The summed E-state index contributed by atoms with van der Waals surface area (Å²) < 4.78 is 5.77. The Morgan fingerprint density at radius 1 is 1.22 bits per heavy atom. The third-order valence-electron chi connectivity index (χ3n) is 4.23. The van der Waals surface area contributed by atoms with Gasteiger partial charge in [0, 0.05) is 18.5 Å². The van der Waals surface area contributed by atoms with Crippen molar-refractivity contribution >= 4 is 22.9 Å². The quantitative estimate of drug-likeness (QED) is 0.633. The lowest BCUT2D eigenvalue weighted by Crippen LogP contribution is -2.40. The van der Waals surface area contributed by atoms with Crippen molar-refractivity contribution in [3.05, 3.63) is 36.1 Å². The minimum atomic E-state index is -1.17. The lowest BCUT2D eigenvalue weighted by atomic mass is 9.99. The number of aliphatic hydroxyl groups excluding tert-OH is 1. The summed E-state index contributed by atoms with van der Waals surface area (Å²) in [5, 5.41) is 12.4. The molecule has 6 nitrogen and oxygen atoms in total. The molecule has 0 bridgehead atoms. The molecule has 1 aromatic carbocycles. The average molecular weight is 316 g/mol. The second-order valence-corrected chi connectivity index (χ2v) is 5.94. The van der Waals surface area contributed by atoms with Crippen molar-refractivity contribution in [3.63, 3.8) is 0 Å². The van der Waals surface area contributed by atoms with Crippen LogP contribution in [0.1, 0.15) is 31.9 Å². The first-order valence-electron chi connectivity index (χ1n) is 7.80. The molecule has 1 atom stereocenters. The Labute approximate surface area is 134 Å². The van der Waals surface area contributed by atoms with Gasteiger partial charge in [0.1, 0.15) is 11.3 Å². The van der Waals surface area contributed by atoms with E-state index in [4.69, 9.17) is 9.52 Å². The fourth-order valence-corrected chi connectivity index (χ4v) is 2.85. The van der Waals surface area contributed by atoms with E-state index in [1.165, 1.54) is 4.90 Å². The van der Waals surface area contributed by atoms with Gasteiger partial charge in [-0.3, -0.25) is 9.69 Å². The van der Waals surface area contributed by atoms with Crippen LogP contribution in [0.3, 0.4) is 0 Å². The van der Waals surface area contributed by atoms with E-state index in [9.17, 15) is 9.59 Å². The molecule has 0 saturated carbocycles. The Kier molecular flexibility index (Phi) is 4.09. The van der Waals surface area contributed by atoms with Crippen molar-refractivity contribution in [2.24, 2.45) is 0 Å². The molecule has 1 fully saturated rings. The number of nitrogens with zero attached hydrogens (tertiary/aromatic N) is 1. The highest BCUT2D eigenvalue weighted by atomic mass is 16.3. The first kappa shape index (κ1) is 15.6. The van der Waals surface area contributed by atoms with E-state index in [0.717, 1.165) is 11.8 Å². The fourth-order valence-electron chi connectivity index (χ4n) is 2.85. The first-order valence-corrected chi connectivity index (χ1v) is 7.80. The predicted molar refractivity (Wildman–Crippen MR) is 84.7 cm³/mol. The maximum Gasteiger partial charge on any atom is 0.325 e. The Bertz CT molecular complexity index is 706. The number of nitrogens with one attached hydrogen (secondary N) is 1. The third-order valence-corrected chi connectivity index (χ3v) is 4.23. The van der Waals surface area contributed by atoms with Gasteiger partial charge in [-0.1, -0.05) is 18.2 Å². The van der Waals surface area contributed by atoms with Crippen LogP contribution in [0, 0.1) is 0 Å². The molecule has 3 rings (SSSR count). The highest BCUT2D eigenvalue weighted by Gasteiger charge is 2.50. The molecule has 2 aromatic rings. The molecule has 2 heterocycles. The molecule has 1 aliphatic rings. The molecule has 2 N–H and O–H groups in total. The minimum Gasteiger partial charge on any atom is -0.458 e. The summed E-state index contributed by atoms with van der Waals surface area (Å²) >= 11 is 0. The number of benzene rings is 1. The van der Waals surface area contributed by atoms with Crippen LogP contribution < -0.4 is 5.32 Å². The van der Waals surface area contributed by atoms with E-state index in [-0.39, 0.29) is 12.5 Å². The summed E-state index contributed by atoms with van der Waals surface area (Å²) in [6.07, 6.45) is 2.12. The van der Waals surface area contributed by atoms with Gasteiger partial charge >= 0.3 is 6.03 Å². The number of para-hydroxylation sites is 1. The first-order chi connectivity index (χ1) is 11.1. The SMILES string of the molecule is CC1(c2cc3ccccc3o2)NC(=O)N(CCCCCO)C1=O. The van der Waals surface area contributed by atoms with E-state index in [0.29, 0.717) is 30.7 Å². The molecule has 3 amide bonds. The number of furan rings is 1. The van der Waals surface area contributed by atoms with Crippen LogP contribution in [0.5, 0.6) is 0 Å². The van der Waals surface area contributed by atoms with Gasteiger partial charge < -0.3 is 14.8 Å². The van der Waals surface area contributed by atoms with Crippen LogP contribution in [-0.2, 0) is 10.3 Å². The van der Waals surface area contributed by atoms with Crippen LogP contribution in [0.2, 0.25) is 0 Å². The van der Waals surface area contributed by atoms with Gasteiger partial charge in [0.05, 0.1) is 0 Å². The molecule has 1 saturated heterocycles. The van der Waals surface area contributed by atoms with Crippen LogP contribution in [0.4, 0.5) is 4.79 Å². The second-order valence-electron chi connectivity index (χ2n) is 5.94. The zero-order valence-electron chi connectivity index (χ0n) is 13.0. The Morgan fingerprint density at radius 2 is 2.00 bits per heavy atom. The highest BCUT2D eigenvalue weighted by Crippen LogP contribution is 2.33. The summed E-state index contributed by atoms with van der Waals surface area (Å²) in [6.45, 7) is 2.13. The molecular weight excluding hydrogens is 296 g/mol. The van der Waals surface area contributed by atoms with Crippen molar-refractivity contribution in [3.8, 4) is 0 Å². The molecule has 122 valence electrons. The number of hydrogen-bond acceptors (Lipinski definition) is 4. The van der Waals surface area contributed by atoms with E-state index in [1.807, 2.05) is 24.3 Å². The number of carbonyl (C=O) groups is 2. The van der Waals surface area contributed by atoms with E-state index in [2.05, 4.69) is 5.32 Å². The molecule has 6 heteroatoms. The molecule has 0 aliphatic carbocycles. The molecule has 0 spiro atoms. The standard InChI is InChI=1S/C17H20N2O4/c1-17(14-11-12-7-3-4-8-13(12)23-14)15(21)19(16(22)18-17)9-5-2-6-10-20/h3-4,7-8,11,20H,2,5-6,9-10H2,1H3,(H,18,22). The van der Waals surface area contributed by atoms with Gasteiger partial charge in [0.25, 0.3) is 5.91 Å². The molecule has 23 heavy (non-hydrogen) atoms. The zero-order chi connectivity index (χ0) is 16.4. The fraction of sp³-hybridized carbons (Fsp3) is 0.412. The van der Waals surface area contributed by atoms with Gasteiger partial charge in [-0.2, -0.15) is 0 Å². The van der Waals surface area contributed by atoms with E-state index < -0.39 is 11.6 Å². The van der Waals surface area contributed by atoms with Crippen molar-refractivity contribution in [1.82, 2.24) is 10.2 Å². The number of aliphatic hydroxyl groups is 1. The smallest absolute Gasteiger partial charge is 0.325 e. The molecule has 1 aliphatic heterocycles. The molecular formula is C17H20N2O4. The van der Waals surface area contributed by atoms with Gasteiger partial charge in [0.2, 0.25) is 0 Å². The lowest BCUT2D eigenvalue weighted by molar-refractivity contribution is -0.131. The van der Waals surface area contributed by atoms with Crippen molar-refractivity contribution in [2.45, 2.75) is 31.7 Å². The van der Waals surface area contributed by atoms with Gasteiger partial charge in [-0.15, -0.1) is 0 Å². The van der Waals surface area contributed by atoms with Gasteiger partial charge in [-0.05, 0) is 38.3 Å². The number of urea groups is 1. The highest BCUT2D eigenvalue weighted by molar-refractivity contribution is 6.07.